The molecule has 2 heterocycles. The highest BCUT2D eigenvalue weighted by Crippen LogP contribution is 2.39. The van der Waals surface area contributed by atoms with Crippen LogP contribution in [0, 0.1) is 0 Å². The van der Waals surface area contributed by atoms with E-state index in [4.69, 9.17) is 47.5 Å². The molecule has 11 nitrogen and oxygen atoms in total. The Morgan fingerprint density at radius 1 is 0.947 bits per heavy atom. The van der Waals surface area contributed by atoms with Crippen LogP contribution in [0.15, 0.2) is 29.2 Å². The zero-order valence-electron chi connectivity index (χ0n) is 20.7. The summed E-state index contributed by atoms with van der Waals surface area (Å²) in [5, 5.41) is 0.521. The standard InChI is InChI=1S/C24H24ClNO10S2/c1-11(27)32-10-17-19(33-12(2)28)20(34-13(3)29)21(35-14(4)30)23(36-17)26-22(31)18(38-24(26)37)9-15-5-7-16(25)8-6-15/h5-9,17,19-21,23H,10H2,1-4H3. The van der Waals surface area contributed by atoms with Gasteiger partial charge in [-0.3, -0.25) is 28.9 Å². The number of hydrogen-bond acceptors (Lipinski definition) is 12. The van der Waals surface area contributed by atoms with E-state index in [9.17, 15) is 24.0 Å². The van der Waals surface area contributed by atoms with Gasteiger partial charge < -0.3 is 23.7 Å². The molecule has 0 N–H and O–H groups in total. The predicted octanol–water partition coefficient (Wildman–Crippen LogP) is 2.62. The van der Waals surface area contributed by atoms with Crippen LogP contribution >= 0.6 is 35.6 Å². The van der Waals surface area contributed by atoms with Crippen LogP contribution in [-0.2, 0) is 47.7 Å². The highest BCUT2D eigenvalue weighted by molar-refractivity contribution is 8.26. The van der Waals surface area contributed by atoms with Crippen LogP contribution in [0.1, 0.15) is 33.3 Å². The second-order valence-electron chi connectivity index (χ2n) is 8.19. The summed E-state index contributed by atoms with van der Waals surface area (Å²) < 4.78 is 27.4. The number of ether oxygens (including phenoxy) is 5. The Morgan fingerprint density at radius 3 is 2.05 bits per heavy atom. The van der Waals surface area contributed by atoms with E-state index in [1.165, 1.54) is 0 Å². The van der Waals surface area contributed by atoms with Crippen LogP contribution in [0.3, 0.4) is 0 Å². The van der Waals surface area contributed by atoms with Crippen molar-refractivity contribution in [2.24, 2.45) is 0 Å². The first-order valence-corrected chi connectivity index (χ1v) is 12.8. The summed E-state index contributed by atoms with van der Waals surface area (Å²) in [7, 11) is 0. The van der Waals surface area contributed by atoms with Crippen molar-refractivity contribution in [2.45, 2.75) is 58.3 Å². The van der Waals surface area contributed by atoms with Gasteiger partial charge >= 0.3 is 23.9 Å². The summed E-state index contributed by atoms with van der Waals surface area (Å²) in [5.74, 6) is -3.57. The Balaban J connectivity index is 2.04. The number of carbonyl (C=O) groups is 5. The van der Waals surface area contributed by atoms with Crippen molar-refractivity contribution in [3.8, 4) is 0 Å². The SMILES string of the molecule is CC(=O)OCC1OC(N2C(=O)C(=Cc3ccc(Cl)cc3)SC2=S)C(OC(C)=O)C(OC(C)=O)C1OC(C)=O. The molecular weight excluding hydrogens is 562 g/mol. The van der Waals surface area contributed by atoms with Gasteiger partial charge in [0.05, 0.1) is 4.91 Å². The van der Waals surface area contributed by atoms with E-state index < -0.39 is 67.0 Å². The maximum Gasteiger partial charge on any atom is 0.303 e. The van der Waals surface area contributed by atoms with Crippen LogP contribution in [0.25, 0.3) is 6.08 Å². The maximum absolute atomic E-state index is 13.5. The monoisotopic (exact) mass is 585 g/mol. The van der Waals surface area contributed by atoms with Gasteiger partial charge in [-0.05, 0) is 23.8 Å². The molecule has 0 aliphatic carbocycles. The van der Waals surface area contributed by atoms with Crippen molar-refractivity contribution in [1.29, 1.82) is 0 Å². The molecule has 0 spiro atoms. The normalized spacial score (nSPS) is 26.2. The van der Waals surface area contributed by atoms with E-state index in [2.05, 4.69) is 0 Å². The van der Waals surface area contributed by atoms with Crippen molar-refractivity contribution in [2.75, 3.05) is 6.61 Å². The molecular formula is C24H24ClNO10S2. The second kappa shape index (κ2) is 12.7. The van der Waals surface area contributed by atoms with Gasteiger partial charge in [-0.2, -0.15) is 0 Å². The molecule has 2 aliphatic rings. The Bertz CT molecular complexity index is 1170. The number of rotatable bonds is 7. The summed E-state index contributed by atoms with van der Waals surface area (Å²) in [5.41, 5.74) is 0.677. The van der Waals surface area contributed by atoms with Crippen molar-refractivity contribution < 1.29 is 47.7 Å². The summed E-state index contributed by atoms with van der Waals surface area (Å²) in [6.07, 6.45) is -5.26. The highest BCUT2D eigenvalue weighted by Gasteiger charge is 2.56. The fourth-order valence-corrected chi connectivity index (χ4v) is 5.26. The van der Waals surface area contributed by atoms with Crippen molar-refractivity contribution in [3.05, 3.63) is 39.8 Å². The summed E-state index contributed by atoms with van der Waals surface area (Å²) in [4.78, 5) is 62.3. The lowest BCUT2D eigenvalue weighted by atomic mass is 9.96. The van der Waals surface area contributed by atoms with Gasteiger partial charge in [0.25, 0.3) is 5.91 Å². The fraction of sp³-hybridized carbons (Fsp3) is 0.417. The fourth-order valence-electron chi connectivity index (χ4n) is 3.82. The molecule has 1 amide bonds. The molecule has 204 valence electrons. The van der Waals surface area contributed by atoms with Gasteiger partial charge in [0, 0.05) is 32.7 Å². The average molecular weight is 586 g/mol. The van der Waals surface area contributed by atoms with Gasteiger partial charge in [0.1, 0.15) is 12.7 Å². The molecule has 2 saturated heterocycles. The lowest BCUT2D eigenvalue weighted by molar-refractivity contribution is -0.268. The molecule has 14 heteroatoms. The third kappa shape index (κ3) is 7.31. The van der Waals surface area contributed by atoms with Crippen molar-refractivity contribution in [3.63, 3.8) is 0 Å². The zero-order valence-corrected chi connectivity index (χ0v) is 23.1. The van der Waals surface area contributed by atoms with Crippen LogP contribution < -0.4 is 0 Å². The lowest BCUT2D eigenvalue weighted by Crippen LogP contribution is -2.66. The quantitative estimate of drug-likeness (QED) is 0.201. The average Bonchev–Trinajstić information content (AvgIpc) is 3.08. The van der Waals surface area contributed by atoms with Gasteiger partial charge in [0.15, 0.2) is 28.9 Å². The molecule has 0 aromatic heterocycles. The van der Waals surface area contributed by atoms with Crippen LogP contribution in [-0.4, -0.2) is 76.3 Å². The number of hydrogen-bond donors (Lipinski definition) is 0. The minimum atomic E-state index is -1.45. The van der Waals surface area contributed by atoms with Gasteiger partial charge in [-0.15, -0.1) is 0 Å². The number of thioether (sulfide) groups is 1. The number of esters is 4. The Hall–Kier alpha value is -3.00. The van der Waals surface area contributed by atoms with E-state index in [1.54, 1.807) is 30.3 Å². The first-order chi connectivity index (χ1) is 17.9. The Labute approximate surface area is 232 Å². The Morgan fingerprint density at radius 2 is 1.50 bits per heavy atom. The van der Waals surface area contributed by atoms with E-state index in [0.29, 0.717) is 10.6 Å². The van der Waals surface area contributed by atoms with Gasteiger partial charge in [-0.25, -0.2) is 0 Å². The molecule has 5 unspecified atom stereocenters. The van der Waals surface area contributed by atoms with E-state index >= 15 is 0 Å². The molecule has 1 aromatic carbocycles. The third-order valence-corrected chi connectivity index (χ3v) is 6.79. The number of thiocarbonyl (C=S) groups is 1. The molecule has 0 saturated carbocycles. The predicted molar refractivity (Wildman–Crippen MR) is 138 cm³/mol. The van der Waals surface area contributed by atoms with Crippen LogP contribution in [0.4, 0.5) is 0 Å². The van der Waals surface area contributed by atoms with E-state index in [-0.39, 0.29) is 9.23 Å². The first kappa shape index (κ1) is 29.6. The van der Waals surface area contributed by atoms with E-state index in [1.807, 2.05) is 0 Å². The highest BCUT2D eigenvalue weighted by atomic mass is 35.5. The maximum atomic E-state index is 13.5. The number of amides is 1. The molecule has 3 rings (SSSR count). The molecule has 0 radical (unpaired) electrons. The van der Waals surface area contributed by atoms with Crippen molar-refractivity contribution >= 4 is 75.8 Å². The summed E-state index contributed by atoms with van der Waals surface area (Å²) in [6, 6.07) is 6.74. The Kier molecular flexibility index (Phi) is 9.88. The zero-order chi connectivity index (χ0) is 28.1. The molecule has 2 fully saturated rings. The smallest absolute Gasteiger partial charge is 0.303 e. The largest absolute Gasteiger partial charge is 0.463 e. The summed E-state index contributed by atoms with van der Waals surface area (Å²) in [6.45, 7) is 4.07. The minimum absolute atomic E-state index is 0.0658. The third-order valence-electron chi connectivity index (χ3n) is 5.21. The minimum Gasteiger partial charge on any atom is -0.463 e. The summed E-state index contributed by atoms with van der Waals surface area (Å²) >= 11 is 12.4. The molecule has 0 bridgehead atoms. The number of benzene rings is 1. The number of halogens is 1. The molecule has 38 heavy (non-hydrogen) atoms. The topological polar surface area (TPSA) is 135 Å². The molecule has 5 atom stereocenters. The molecule has 2 aliphatic heterocycles. The lowest BCUT2D eigenvalue weighted by Gasteiger charge is -2.46. The first-order valence-electron chi connectivity index (χ1n) is 11.2. The van der Waals surface area contributed by atoms with Crippen LogP contribution in [0.2, 0.25) is 5.02 Å². The second-order valence-corrected chi connectivity index (χ2v) is 10.3. The van der Waals surface area contributed by atoms with Crippen molar-refractivity contribution in [1.82, 2.24) is 4.90 Å². The van der Waals surface area contributed by atoms with Gasteiger partial charge in [-0.1, -0.05) is 47.7 Å². The molecule has 1 aromatic rings. The van der Waals surface area contributed by atoms with Crippen LogP contribution in [0.5, 0.6) is 0 Å². The number of carbonyl (C=O) groups excluding carboxylic acids is 5. The van der Waals surface area contributed by atoms with E-state index in [0.717, 1.165) is 44.4 Å². The number of nitrogens with zero attached hydrogens (tertiary/aromatic N) is 1. The van der Waals surface area contributed by atoms with Gasteiger partial charge in [0.2, 0.25) is 0 Å².